The minimum absolute atomic E-state index is 0.0472. The smallest absolute Gasteiger partial charge is 0.319 e. The van der Waals surface area contributed by atoms with Crippen molar-refractivity contribution in [3.63, 3.8) is 0 Å². The number of hydrogen-bond donors (Lipinski definition) is 3. The number of rotatable bonds is 2. The van der Waals surface area contributed by atoms with Crippen LogP contribution in [0, 0.1) is 0 Å². The molecule has 0 radical (unpaired) electrons. The second-order valence-corrected chi connectivity index (χ2v) is 11.8. The van der Waals surface area contributed by atoms with E-state index < -0.39 is 26.1 Å². The Morgan fingerprint density at radius 1 is 1.11 bits per heavy atom. The Hall–Kier alpha value is -2.93. The van der Waals surface area contributed by atoms with E-state index in [-0.39, 0.29) is 53.1 Å². The van der Waals surface area contributed by atoms with E-state index in [2.05, 4.69) is 24.9 Å². The first-order chi connectivity index (χ1) is 17.9. The van der Waals surface area contributed by atoms with Crippen molar-refractivity contribution < 1.29 is 23.1 Å². The fourth-order valence-corrected chi connectivity index (χ4v) is 7.84. The van der Waals surface area contributed by atoms with Crippen LogP contribution in [-0.2, 0) is 23.1 Å². The lowest BCUT2D eigenvalue weighted by Gasteiger charge is -2.22. The van der Waals surface area contributed by atoms with Gasteiger partial charge in [-0.05, 0) is 6.07 Å². The van der Waals surface area contributed by atoms with Crippen LogP contribution >= 0.6 is 16.8 Å². The summed E-state index contributed by atoms with van der Waals surface area (Å²) in [5.74, 6) is -0.258. The number of nitrogens with zero attached hydrogens (tertiary/aromatic N) is 5. The monoisotopic (exact) mass is 548 g/mol. The van der Waals surface area contributed by atoms with Crippen LogP contribution in [-0.4, -0.2) is 64.4 Å². The van der Waals surface area contributed by atoms with Crippen molar-refractivity contribution in [2.75, 3.05) is 12.3 Å². The molecule has 194 valence electrons. The summed E-state index contributed by atoms with van der Waals surface area (Å²) < 4.78 is 40.2. The number of aromatic amines is 2. The Morgan fingerprint density at radius 3 is 2.89 bits per heavy atom. The number of imidazole rings is 1. The number of hydrogen-bond acceptors (Lipinski definition) is 11. The largest absolute Gasteiger partial charge is 0.369 e. The van der Waals surface area contributed by atoms with Crippen LogP contribution in [0.4, 0.5) is 5.95 Å². The molecule has 0 amide bonds. The summed E-state index contributed by atoms with van der Waals surface area (Å²) in [7, 11) is -2.56. The highest BCUT2D eigenvalue weighted by Crippen LogP contribution is 2.51. The van der Waals surface area contributed by atoms with Gasteiger partial charge in [0.05, 0.1) is 36.6 Å². The zero-order valence-corrected chi connectivity index (χ0v) is 21.1. The summed E-state index contributed by atoms with van der Waals surface area (Å²) in [6.45, 7) is 0.102. The van der Waals surface area contributed by atoms with E-state index in [1.165, 1.54) is 12.7 Å². The van der Waals surface area contributed by atoms with Gasteiger partial charge in [-0.1, -0.05) is 8.58 Å². The van der Waals surface area contributed by atoms with Crippen molar-refractivity contribution in [3.05, 3.63) is 45.6 Å². The fraction of sp³-hybridized carbons (Fsp3) is 0.450. The maximum absolute atomic E-state index is 12.7. The molecule has 4 N–H and O–H groups in total. The van der Waals surface area contributed by atoms with Crippen molar-refractivity contribution in [3.8, 4) is 0 Å². The maximum Gasteiger partial charge on any atom is 0.319 e. The van der Waals surface area contributed by atoms with Crippen molar-refractivity contribution in [1.29, 1.82) is 0 Å². The summed E-state index contributed by atoms with van der Waals surface area (Å²) in [6, 6.07) is 1.71. The summed E-state index contributed by atoms with van der Waals surface area (Å²) in [4.78, 5) is 42.1. The van der Waals surface area contributed by atoms with Gasteiger partial charge in [0, 0.05) is 24.7 Å². The molecule has 0 aliphatic carbocycles. The maximum atomic E-state index is 12.7. The van der Waals surface area contributed by atoms with Gasteiger partial charge in [0.25, 0.3) is 11.1 Å². The molecule has 17 heteroatoms. The van der Waals surface area contributed by atoms with Gasteiger partial charge in [0.15, 0.2) is 17.4 Å². The predicted molar refractivity (Wildman–Crippen MR) is 132 cm³/mol. The molecule has 3 saturated heterocycles. The van der Waals surface area contributed by atoms with E-state index in [1.807, 2.05) is 4.57 Å². The quantitative estimate of drug-likeness (QED) is 0.300. The molecular weight excluding hydrogens is 526 g/mol. The Kier molecular flexibility index (Phi) is 5.54. The molecule has 37 heavy (non-hydrogen) atoms. The van der Waals surface area contributed by atoms with Crippen LogP contribution < -0.4 is 16.9 Å². The summed E-state index contributed by atoms with van der Waals surface area (Å²) in [5, 5.41) is 0.478. The molecule has 3 fully saturated rings. The lowest BCUT2D eigenvalue weighted by atomic mass is 10.2. The second-order valence-electron chi connectivity index (χ2n) is 9.07. The average molecular weight is 548 g/mol. The van der Waals surface area contributed by atoms with Gasteiger partial charge >= 0.3 is 8.25 Å². The van der Waals surface area contributed by atoms with Crippen molar-refractivity contribution in [2.45, 2.75) is 49.0 Å². The summed E-state index contributed by atoms with van der Waals surface area (Å²) in [5.41, 5.74) is 6.02. The van der Waals surface area contributed by atoms with E-state index in [0.717, 1.165) is 0 Å². The molecule has 8 atom stereocenters. The number of fused-ring (bicyclic) bond motifs is 5. The van der Waals surface area contributed by atoms with E-state index in [1.54, 1.807) is 16.8 Å². The van der Waals surface area contributed by atoms with Crippen LogP contribution in [0.1, 0.15) is 25.3 Å². The number of nitrogen functional groups attached to an aromatic ring is 1. The first-order valence-electron chi connectivity index (χ1n) is 11.6. The highest BCUT2D eigenvalue weighted by molar-refractivity contribution is 7.39. The molecule has 0 spiro atoms. The number of ether oxygens (including phenoxy) is 2. The molecule has 0 saturated carbocycles. The number of aromatic nitrogens is 7. The third-order valence-electron chi connectivity index (χ3n) is 6.87. The molecule has 3 aliphatic rings. The molecule has 4 aromatic heterocycles. The SMILES string of the molecule is Nc1nc2c(ncn2[C@@H]2OC3C[C@H]2O[PH](=O)OC[C@H]2O[C@@H](n4ccc5c(=O)[nH]cnc54)CC2P3)c(=O)[nH]1. The Morgan fingerprint density at radius 2 is 2.00 bits per heavy atom. The van der Waals surface area contributed by atoms with E-state index in [0.29, 0.717) is 32.5 Å². The van der Waals surface area contributed by atoms with E-state index >= 15 is 0 Å². The molecule has 15 nitrogen and oxygen atoms in total. The minimum atomic E-state index is -2.88. The van der Waals surface area contributed by atoms with Crippen LogP contribution in [0.3, 0.4) is 0 Å². The van der Waals surface area contributed by atoms with Gasteiger partial charge in [-0.15, -0.1) is 0 Å². The molecule has 2 bridgehead atoms. The Labute approximate surface area is 209 Å². The number of nitrogens with two attached hydrogens (primary N) is 1. The van der Waals surface area contributed by atoms with Gasteiger partial charge in [0.2, 0.25) is 5.95 Å². The fourth-order valence-electron chi connectivity index (χ4n) is 5.22. The van der Waals surface area contributed by atoms with Gasteiger partial charge in [-0.2, -0.15) is 4.98 Å². The zero-order chi connectivity index (χ0) is 25.3. The number of H-pyrrole nitrogens is 2. The lowest BCUT2D eigenvalue weighted by Crippen LogP contribution is -2.25. The lowest BCUT2D eigenvalue weighted by molar-refractivity contribution is -0.0220. The molecule has 7 rings (SSSR count). The van der Waals surface area contributed by atoms with Crippen LogP contribution in [0.2, 0.25) is 0 Å². The third-order valence-corrected chi connectivity index (χ3v) is 9.54. The van der Waals surface area contributed by atoms with Crippen molar-refractivity contribution in [2.24, 2.45) is 0 Å². The van der Waals surface area contributed by atoms with Gasteiger partial charge in [-0.3, -0.25) is 23.7 Å². The Balaban J connectivity index is 1.18. The van der Waals surface area contributed by atoms with Crippen LogP contribution in [0.5, 0.6) is 0 Å². The van der Waals surface area contributed by atoms with Crippen molar-refractivity contribution in [1.82, 2.24) is 34.1 Å². The predicted octanol–water partition coefficient (Wildman–Crippen LogP) is 0.825. The van der Waals surface area contributed by atoms with Gasteiger partial charge in [0.1, 0.15) is 18.0 Å². The molecule has 7 heterocycles. The van der Waals surface area contributed by atoms with Gasteiger partial charge in [-0.25, -0.2) is 9.97 Å². The molecular formula is C20H22N8O7P2. The number of anilines is 1. The third kappa shape index (κ3) is 3.94. The highest BCUT2D eigenvalue weighted by Gasteiger charge is 2.45. The highest BCUT2D eigenvalue weighted by atomic mass is 31.1. The molecule has 0 aromatic carbocycles. The zero-order valence-electron chi connectivity index (χ0n) is 19.1. The van der Waals surface area contributed by atoms with Crippen LogP contribution in [0.15, 0.2) is 34.5 Å². The normalized spacial score (nSPS) is 32.8. The molecule has 3 aliphatic heterocycles. The number of nitrogens with one attached hydrogen (secondary N) is 2. The first-order valence-corrected chi connectivity index (χ1v) is 14.0. The molecule has 4 aromatic rings. The molecule has 4 unspecified atom stereocenters. The van der Waals surface area contributed by atoms with Gasteiger partial charge < -0.3 is 33.8 Å². The summed E-state index contributed by atoms with van der Waals surface area (Å²) >= 11 is 0. The first kappa shape index (κ1) is 23.2. The topological polar surface area (TPSA) is 194 Å². The standard InChI is InChI=1S/C20H22N8O7P2/c21-20-25-16-14(18(30)26-20)24-7-28(16)19-9-3-13(34-19)36-11-4-12(33-10(11)5-32-37(31)35-9)27-2-1-8-15(27)22-6-23-17(8)29/h1-2,6-7,9-13,19,36-37H,3-5H2,(H,22,23,29)(H3,21,25,26,30)/t9-,10-,11?,12-,13?,19-/m1/s1. The minimum Gasteiger partial charge on any atom is -0.369 e. The Bertz CT molecular complexity index is 1650. The van der Waals surface area contributed by atoms with Crippen molar-refractivity contribution >= 4 is 45.0 Å². The van der Waals surface area contributed by atoms with Crippen LogP contribution in [0.25, 0.3) is 22.2 Å². The summed E-state index contributed by atoms with van der Waals surface area (Å²) in [6.07, 6.45) is 3.69. The second kappa shape index (κ2) is 8.83. The average Bonchev–Trinajstić information content (AvgIpc) is 3.63. The van der Waals surface area contributed by atoms with E-state index in [9.17, 15) is 14.2 Å². The van der Waals surface area contributed by atoms with E-state index in [4.69, 9.17) is 24.3 Å².